The maximum atomic E-state index is 12.3. The van der Waals surface area contributed by atoms with Crippen LogP contribution in [0, 0.1) is 11.3 Å². The summed E-state index contributed by atoms with van der Waals surface area (Å²) in [5.74, 6) is 0.868. The third-order valence-corrected chi connectivity index (χ3v) is 4.24. The number of hydrogen-bond acceptors (Lipinski definition) is 5. The molecule has 0 aliphatic heterocycles. The molecule has 0 radical (unpaired) electrons. The van der Waals surface area contributed by atoms with E-state index < -0.39 is 0 Å². The van der Waals surface area contributed by atoms with Crippen LogP contribution in [-0.2, 0) is 0 Å². The fourth-order valence-corrected chi connectivity index (χ4v) is 2.86. The van der Waals surface area contributed by atoms with Crippen molar-refractivity contribution in [3.05, 3.63) is 70.2 Å². The molecule has 3 rings (SSSR count). The molecule has 0 aliphatic rings. The lowest BCUT2D eigenvalue weighted by Gasteiger charge is -2.07. The summed E-state index contributed by atoms with van der Waals surface area (Å²) in [6.07, 6.45) is 0. The highest BCUT2D eigenvalue weighted by atomic mass is 35.5. The number of rotatable bonds is 4. The van der Waals surface area contributed by atoms with Crippen molar-refractivity contribution in [2.75, 3.05) is 5.32 Å². The molecule has 0 aliphatic carbocycles. The maximum Gasteiger partial charge on any atom is 0.257 e. The van der Waals surface area contributed by atoms with Gasteiger partial charge in [0, 0.05) is 5.56 Å². The number of amides is 1. The zero-order chi connectivity index (χ0) is 16.9. The van der Waals surface area contributed by atoms with Gasteiger partial charge in [0.1, 0.15) is 22.4 Å². The number of anilines is 1. The van der Waals surface area contributed by atoms with Crippen molar-refractivity contribution in [2.45, 2.75) is 0 Å². The van der Waals surface area contributed by atoms with Crippen LogP contribution in [0.1, 0.15) is 15.2 Å². The largest absolute Gasteiger partial charge is 0.457 e. The van der Waals surface area contributed by atoms with Crippen molar-refractivity contribution in [1.29, 1.82) is 5.26 Å². The van der Waals surface area contributed by atoms with E-state index in [0.717, 1.165) is 11.3 Å². The normalized spacial score (nSPS) is 10.0. The summed E-state index contributed by atoms with van der Waals surface area (Å²) in [5, 5.41) is 11.8. The van der Waals surface area contributed by atoms with E-state index in [9.17, 15) is 4.79 Å². The topological polar surface area (TPSA) is 75.0 Å². The van der Waals surface area contributed by atoms with Gasteiger partial charge in [-0.05, 0) is 30.3 Å². The zero-order valence-electron chi connectivity index (χ0n) is 12.2. The van der Waals surface area contributed by atoms with E-state index in [0.29, 0.717) is 17.1 Å². The number of nitrogens with one attached hydrogen (secondary N) is 1. The minimum atomic E-state index is -0.358. The molecule has 1 heterocycles. The van der Waals surface area contributed by atoms with Gasteiger partial charge in [-0.3, -0.25) is 10.1 Å². The Kier molecular flexibility index (Phi) is 4.75. The van der Waals surface area contributed by atoms with Crippen LogP contribution in [0.15, 0.2) is 54.6 Å². The predicted octanol–water partition coefficient (Wildman–Crippen LogP) is 4.71. The Hall–Kier alpha value is -2.88. The molecular formula is C17H10ClN3O2S. The van der Waals surface area contributed by atoms with Gasteiger partial charge in [0.05, 0.1) is 0 Å². The first kappa shape index (κ1) is 16.0. The fourth-order valence-electron chi connectivity index (χ4n) is 1.92. The van der Waals surface area contributed by atoms with E-state index in [1.165, 1.54) is 0 Å². The van der Waals surface area contributed by atoms with Crippen molar-refractivity contribution in [3.63, 3.8) is 0 Å². The third-order valence-electron chi connectivity index (χ3n) is 2.98. The smallest absolute Gasteiger partial charge is 0.257 e. The van der Waals surface area contributed by atoms with Crippen LogP contribution in [0.3, 0.4) is 0 Å². The molecule has 2 aromatic carbocycles. The van der Waals surface area contributed by atoms with Crippen molar-refractivity contribution in [3.8, 4) is 17.6 Å². The number of nitriles is 1. The summed E-state index contributed by atoms with van der Waals surface area (Å²) in [6.45, 7) is 0. The number of halogens is 1. The lowest BCUT2D eigenvalue weighted by molar-refractivity contribution is 0.102. The van der Waals surface area contributed by atoms with Gasteiger partial charge in [0.25, 0.3) is 5.91 Å². The maximum absolute atomic E-state index is 12.3. The Morgan fingerprint density at radius 1 is 1.17 bits per heavy atom. The number of thiazole rings is 1. The second-order valence-electron chi connectivity index (χ2n) is 4.65. The van der Waals surface area contributed by atoms with E-state index >= 15 is 0 Å². The van der Waals surface area contributed by atoms with Crippen molar-refractivity contribution in [1.82, 2.24) is 4.98 Å². The first-order valence-electron chi connectivity index (χ1n) is 6.86. The van der Waals surface area contributed by atoms with Gasteiger partial charge in [-0.1, -0.05) is 47.2 Å². The second kappa shape index (κ2) is 7.13. The highest BCUT2D eigenvalue weighted by molar-refractivity contribution is 7.16. The van der Waals surface area contributed by atoms with Gasteiger partial charge in [-0.15, -0.1) is 0 Å². The molecule has 0 fully saturated rings. The molecule has 1 amide bonds. The Bertz CT molecular complexity index is 919. The van der Waals surface area contributed by atoms with Gasteiger partial charge in [-0.2, -0.15) is 5.26 Å². The molecule has 0 bridgehead atoms. The minimum Gasteiger partial charge on any atom is -0.457 e. The van der Waals surface area contributed by atoms with Crippen molar-refractivity contribution < 1.29 is 9.53 Å². The summed E-state index contributed by atoms with van der Waals surface area (Å²) in [6, 6.07) is 18.0. The Morgan fingerprint density at radius 2 is 1.92 bits per heavy atom. The van der Waals surface area contributed by atoms with Gasteiger partial charge < -0.3 is 4.74 Å². The number of para-hydroxylation sites is 1. The summed E-state index contributed by atoms with van der Waals surface area (Å²) >= 11 is 6.82. The van der Waals surface area contributed by atoms with Crippen LogP contribution in [-0.4, -0.2) is 10.9 Å². The SMILES string of the molecule is N#Cc1sc(NC(=O)c2cccc(Oc3ccccc3)c2)nc1Cl. The summed E-state index contributed by atoms with van der Waals surface area (Å²) in [7, 11) is 0. The van der Waals surface area contributed by atoms with Crippen LogP contribution in [0.25, 0.3) is 0 Å². The van der Waals surface area contributed by atoms with E-state index in [4.69, 9.17) is 21.6 Å². The average molecular weight is 356 g/mol. The lowest BCUT2D eigenvalue weighted by Crippen LogP contribution is -2.11. The molecule has 1 aromatic heterocycles. The molecule has 5 nitrogen and oxygen atoms in total. The molecule has 7 heteroatoms. The number of ether oxygens (including phenoxy) is 1. The van der Waals surface area contributed by atoms with E-state index in [-0.39, 0.29) is 21.1 Å². The van der Waals surface area contributed by atoms with Crippen LogP contribution >= 0.6 is 22.9 Å². The molecule has 0 saturated carbocycles. The predicted molar refractivity (Wildman–Crippen MR) is 92.8 cm³/mol. The number of benzene rings is 2. The Balaban J connectivity index is 1.75. The van der Waals surface area contributed by atoms with Crippen LogP contribution < -0.4 is 10.1 Å². The Morgan fingerprint density at radius 3 is 2.62 bits per heavy atom. The van der Waals surface area contributed by atoms with E-state index in [2.05, 4.69) is 10.3 Å². The van der Waals surface area contributed by atoms with Gasteiger partial charge >= 0.3 is 0 Å². The molecule has 24 heavy (non-hydrogen) atoms. The van der Waals surface area contributed by atoms with Crippen LogP contribution in [0.5, 0.6) is 11.5 Å². The van der Waals surface area contributed by atoms with Gasteiger partial charge in [0.2, 0.25) is 0 Å². The van der Waals surface area contributed by atoms with E-state index in [1.54, 1.807) is 24.3 Å². The number of carbonyl (C=O) groups is 1. The summed E-state index contributed by atoms with van der Waals surface area (Å²) < 4.78 is 5.70. The highest BCUT2D eigenvalue weighted by Gasteiger charge is 2.13. The first-order valence-corrected chi connectivity index (χ1v) is 8.06. The summed E-state index contributed by atoms with van der Waals surface area (Å²) in [5.41, 5.74) is 0.410. The zero-order valence-corrected chi connectivity index (χ0v) is 13.8. The molecule has 118 valence electrons. The number of carbonyl (C=O) groups excluding carboxylic acids is 1. The molecule has 0 unspecified atom stereocenters. The van der Waals surface area contributed by atoms with Gasteiger partial charge in [-0.25, -0.2) is 4.98 Å². The summed E-state index contributed by atoms with van der Waals surface area (Å²) in [4.78, 5) is 16.5. The number of aromatic nitrogens is 1. The standard InChI is InChI=1S/C17H10ClN3O2S/c18-15-14(10-19)24-17(20-15)21-16(22)11-5-4-8-13(9-11)23-12-6-2-1-3-7-12/h1-9H,(H,20,21,22). The molecular weight excluding hydrogens is 346 g/mol. The molecule has 0 atom stereocenters. The minimum absolute atomic E-state index is 0.0824. The lowest BCUT2D eigenvalue weighted by atomic mass is 10.2. The first-order chi connectivity index (χ1) is 11.7. The van der Waals surface area contributed by atoms with Crippen molar-refractivity contribution >= 4 is 34.0 Å². The second-order valence-corrected chi connectivity index (χ2v) is 6.00. The monoisotopic (exact) mass is 355 g/mol. The molecule has 1 N–H and O–H groups in total. The number of nitrogens with zero attached hydrogens (tertiary/aromatic N) is 2. The van der Waals surface area contributed by atoms with Crippen molar-refractivity contribution in [2.24, 2.45) is 0 Å². The average Bonchev–Trinajstić information content (AvgIpc) is 2.95. The Labute approximate surface area is 147 Å². The fraction of sp³-hybridized carbons (Fsp3) is 0. The molecule has 0 saturated heterocycles. The van der Waals surface area contributed by atoms with Crippen LogP contribution in [0.4, 0.5) is 5.13 Å². The molecule has 3 aromatic rings. The molecule has 0 spiro atoms. The number of hydrogen-bond donors (Lipinski definition) is 1. The highest BCUT2D eigenvalue weighted by Crippen LogP contribution is 2.27. The quantitative estimate of drug-likeness (QED) is 0.735. The third kappa shape index (κ3) is 3.71. The van der Waals surface area contributed by atoms with E-state index in [1.807, 2.05) is 36.4 Å². The van der Waals surface area contributed by atoms with Gasteiger partial charge in [0.15, 0.2) is 10.3 Å². The van der Waals surface area contributed by atoms with Crippen LogP contribution in [0.2, 0.25) is 5.15 Å².